The number of para-hydroxylation sites is 1. The van der Waals surface area contributed by atoms with Crippen molar-refractivity contribution in [1.29, 1.82) is 0 Å². The van der Waals surface area contributed by atoms with Crippen LogP contribution in [0.3, 0.4) is 0 Å². The van der Waals surface area contributed by atoms with E-state index in [9.17, 15) is 9.18 Å². The number of fused-ring (bicyclic) bond motifs is 1. The molecule has 0 saturated carbocycles. The van der Waals surface area contributed by atoms with Crippen molar-refractivity contribution in [2.75, 3.05) is 18.4 Å². The Morgan fingerprint density at radius 1 is 1.23 bits per heavy atom. The molecule has 1 N–H and O–H groups in total. The quantitative estimate of drug-likeness (QED) is 0.532. The van der Waals surface area contributed by atoms with Crippen LogP contribution in [0.1, 0.15) is 22.6 Å². The lowest BCUT2D eigenvalue weighted by Crippen LogP contribution is -2.31. The van der Waals surface area contributed by atoms with Crippen LogP contribution in [0.2, 0.25) is 0 Å². The normalized spacial score (nSPS) is 16.3. The summed E-state index contributed by atoms with van der Waals surface area (Å²) in [7, 11) is 0. The number of aromatic nitrogens is 3. The molecule has 1 aliphatic rings. The maximum Gasteiger partial charge on any atom is 0.258 e. The van der Waals surface area contributed by atoms with Gasteiger partial charge in [-0.3, -0.25) is 4.79 Å². The van der Waals surface area contributed by atoms with Gasteiger partial charge in [0, 0.05) is 19.1 Å². The minimum Gasteiger partial charge on any atom is -0.357 e. The average molecular weight is 423 g/mol. The number of amides is 1. The van der Waals surface area contributed by atoms with Crippen LogP contribution in [0.4, 0.5) is 9.52 Å². The van der Waals surface area contributed by atoms with Crippen LogP contribution in [0.15, 0.2) is 47.0 Å². The second-order valence-electron chi connectivity index (χ2n) is 7.18. The molecule has 152 valence electrons. The first kappa shape index (κ1) is 18.7. The third kappa shape index (κ3) is 3.41. The van der Waals surface area contributed by atoms with Crippen molar-refractivity contribution >= 4 is 32.6 Å². The fourth-order valence-electron chi connectivity index (χ4n) is 3.65. The van der Waals surface area contributed by atoms with Gasteiger partial charge >= 0.3 is 0 Å². The Kier molecular flexibility index (Phi) is 4.66. The number of benzene rings is 2. The highest BCUT2D eigenvalue weighted by Gasteiger charge is 2.29. The number of halogens is 1. The van der Waals surface area contributed by atoms with E-state index in [4.69, 9.17) is 4.52 Å². The van der Waals surface area contributed by atoms with Crippen LogP contribution in [0, 0.1) is 12.7 Å². The van der Waals surface area contributed by atoms with Crippen LogP contribution in [-0.2, 0) is 0 Å². The second kappa shape index (κ2) is 7.49. The van der Waals surface area contributed by atoms with Gasteiger partial charge in [-0.25, -0.2) is 9.37 Å². The second-order valence-corrected chi connectivity index (χ2v) is 8.21. The van der Waals surface area contributed by atoms with Gasteiger partial charge in [0.25, 0.3) is 11.8 Å². The van der Waals surface area contributed by atoms with E-state index in [0.717, 1.165) is 11.1 Å². The highest BCUT2D eigenvalue weighted by molar-refractivity contribution is 7.22. The third-order valence-electron chi connectivity index (χ3n) is 5.09. The number of hydrogen-bond acceptors (Lipinski definition) is 7. The molecule has 0 spiro atoms. The van der Waals surface area contributed by atoms with E-state index in [1.54, 1.807) is 24.0 Å². The molecule has 2 aromatic carbocycles. The summed E-state index contributed by atoms with van der Waals surface area (Å²) in [5.41, 5.74) is 1.53. The van der Waals surface area contributed by atoms with Gasteiger partial charge < -0.3 is 14.7 Å². The summed E-state index contributed by atoms with van der Waals surface area (Å²) in [5, 5.41) is 7.83. The molecule has 4 aromatic rings. The van der Waals surface area contributed by atoms with Gasteiger partial charge in [-0.2, -0.15) is 4.98 Å². The Morgan fingerprint density at radius 3 is 2.90 bits per heavy atom. The van der Waals surface area contributed by atoms with Crippen molar-refractivity contribution in [3.63, 3.8) is 0 Å². The van der Waals surface area contributed by atoms with E-state index < -0.39 is 0 Å². The number of hydrogen-bond donors (Lipinski definition) is 1. The summed E-state index contributed by atoms with van der Waals surface area (Å²) < 4.78 is 20.0. The van der Waals surface area contributed by atoms with Crippen LogP contribution in [0.25, 0.3) is 21.7 Å². The molecule has 1 saturated heterocycles. The number of anilines is 1. The lowest BCUT2D eigenvalue weighted by molar-refractivity contribution is 0.0792. The largest absolute Gasteiger partial charge is 0.357 e. The maximum atomic E-state index is 13.9. The van der Waals surface area contributed by atoms with Gasteiger partial charge in [0.1, 0.15) is 11.3 Å². The average Bonchev–Trinajstić information content (AvgIpc) is 3.48. The number of carbonyl (C=O) groups excluding carboxylic acids is 1. The predicted octanol–water partition coefficient (Wildman–Crippen LogP) is 4.12. The van der Waals surface area contributed by atoms with E-state index >= 15 is 0 Å². The zero-order valence-electron chi connectivity index (χ0n) is 16.1. The highest BCUT2D eigenvalue weighted by Crippen LogP contribution is 2.30. The van der Waals surface area contributed by atoms with E-state index in [1.165, 1.54) is 17.4 Å². The third-order valence-corrected chi connectivity index (χ3v) is 6.04. The topological polar surface area (TPSA) is 84.2 Å². The monoisotopic (exact) mass is 423 g/mol. The number of nitrogens with zero attached hydrogens (tertiary/aromatic N) is 4. The molecule has 0 radical (unpaired) electrons. The molecular weight excluding hydrogens is 405 g/mol. The lowest BCUT2D eigenvalue weighted by atomic mass is 10.1. The van der Waals surface area contributed by atoms with Crippen LogP contribution < -0.4 is 5.32 Å². The number of aryl methyl sites for hydroxylation is 1. The van der Waals surface area contributed by atoms with Crippen molar-refractivity contribution in [2.45, 2.75) is 19.4 Å². The summed E-state index contributed by atoms with van der Waals surface area (Å²) >= 11 is 1.41. The molecule has 1 fully saturated rings. The minimum atomic E-state index is -0.326. The Morgan fingerprint density at radius 2 is 2.10 bits per heavy atom. The number of thiazole rings is 1. The maximum absolute atomic E-state index is 13.9. The summed E-state index contributed by atoms with van der Waals surface area (Å²) in [6.45, 7) is 2.89. The van der Waals surface area contributed by atoms with Crippen molar-refractivity contribution in [1.82, 2.24) is 20.0 Å². The van der Waals surface area contributed by atoms with E-state index in [0.29, 0.717) is 46.6 Å². The fraction of sp³-hybridized carbons (Fsp3) is 0.238. The molecule has 0 unspecified atom stereocenters. The van der Waals surface area contributed by atoms with Gasteiger partial charge in [0.15, 0.2) is 11.0 Å². The van der Waals surface area contributed by atoms with Crippen LogP contribution in [-0.4, -0.2) is 45.1 Å². The summed E-state index contributed by atoms with van der Waals surface area (Å²) in [6.07, 6.45) is 0.784. The molecule has 0 bridgehead atoms. The Hall–Kier alpha value is -3.33. The number of rotatable bonds is 4. The van der Waals surface area contributed by atoms with E-state index in [1.807, 2.05) is 24.3 Å². The SMILES string of the molecule is Cc1noc(-c2ccccc2C(=O)N2CC[C@@H](Nc3nc4c(F)cccc4s3)C2)n1. The van der Waals surface area contributed by atoms with Gasteiger partial charge in [-0.15, -0.1) is 0 Å². The summed E-state index contributed by atoms with van der Waals surface area (Å²) in [6, 6.07) is 12.2. The smallest absolute Gasteiger partial charge is 0.258 e. The molecule has 2 aromatic heterocycles. The molecule has 0 aliphatic carbocycles. The molecular formula is C21H18FN5O2S. The number of carbonyl (C=O) groups is 1. The van der Waals surface area contributed by atoms with Crippen LogP contribution >= 0.6 is 11.3 Å². The first-order valence-corrected chi connectivity index (χ1v) is 10.4. The van der Waals surface area contributed by atoms with Crippen molar-refractivity contribution < 1.29 is 13.7 Å². The molecule has 1 atom stereocenters. The molecule has 3 heterocycles. The first-order chi connectivity index (χ1) is 14.6. The molecule has 1 amide bonds. The molecule has 1 aliphatic heterocycles. The molecule has 30 heavy (non-hydrogen) atoms. The van der Waals surface area contributed by atoms with Gasteiger partial charge in [-0.1, -0.05) is 34.7 Å². The fourth-order valence-corrected chi connectivity index (χ4v) is 4.60. The summed E-state index contributed by atoms with van der Waals surface area (Å²) in [5.74, 6) is 0.445. The molecule has 7 nitrogen and oxygen atoms in total. The number of likely N-dealkylation sites (tertiary alicyclic amines) is 1. The Labute approximate surface area is 175 Å². The highest BCUT2D eigenvalue weighted by atomic mass is 32.1. The van der Waals surface area contributed by atoms with E-state index in [-0.39, 0.29) is 17.8 Å². The standard InChI is InChI=1S/C21H18FN5O2S/c1-12-23-19(29-26-12)14-5-2-3-6-15(14)20(28)27-10-9-13(11-27)24-21-25-18-16(22)7-4-8-17(18)30-21/h2-8,13H,9-11H2,1H3,(H,24,25)/t13-/m1/s1. The first-order valence-electron chi connectivity index (χ1n) is 9.59. The lowest BCUT2D eigenvalue weighted by Gasteiger charge is -2.18. The zero-order chi connectivity index (χ0) is 20.7. The minimum absolute atomic E-state index is 0.0513. The van der Waals surface area contributed by atoms with Crippen LogP contribution in [0.5, 0.6) is 0 Å². The van der Waals surface area contributed by atoms with Crippen molar-refractivity contribution in [3.05, 3.63) is 59.7 Å². The van der Waals surface area contributed by atoms with Gasteiger partial charge in [0.05, 0.1) is 15.8 Å². The van der Waals surface area contributed by atoms with Gasteiger partial charge in [-0.05, 0) is 37.6 Å². The zero-order valence-corrected chi connectivity index (χ0v) is 16.9. The van der Waals surface area contributed by atoms with Crippen molar-refractivity contribution in [2.24, 2.45) is 0 Å². The summed E-state index contributed by atoms with van der Waals surface area (Å²) in [4.78, 5) is 23.6. The van der Waals surface area contributed by atoms with Crippen molar-refractivity contribution in [3.8, 4) is 11.5 Å². The Balaban J connectivity index is 1.32. The predicted molar refractivity (Wildman–Crippen MR) is 112 cm³/mol. The van der Waals surface area contributed by atoms with E-state index in [2.05, 4.69) is 20.4 Å². The molecule has 9 heteroatoms. The molecule has 5 rings (SSSR count). The number of nitrogens with one attached hydrogen (secondary N) is 1. The van der Waals surface area contributed by atoms with Gasteiger partial charge in [0.2, 0.25) is 0 Å². The Bertz CT molecular complexity index is 1240.